The first-order valence-corrected chi connectivity index (χ1v) is 5.19. The highest BCUT2D eigenvalue weighted by Crippen LogP contribution is 2.26. The molecule has 1 rings (SSSR count). The maximum Gasteiger partial charge on any atom is 0.332 e. The van der Waals surface area contributed by atoms with Crippen molar-refractivity contribution in [2.75, 3.05) is 7.05 Å². The highest BCUT2D eigenvalue weighted by Gasteiger charge is 2.29. The predicted molar refractivity (Wildman–Crippen MR) is 55.7 cm³/mol. The lowest BCUT2D eigenvalue weighted by Gasteiger charge is -2.22. The van der Waals surface area contributed by atoms with Crippen LogP contribution in [0.2, 0.25) is 0 Å². The summed E-state index contributed by atoms with van der Waals surface area (Å²) in [4.78, 5) is 28.0. The number of amides is 1. The van der Waals surface area contributed by atoms with E-state index >= 15 is 0 Å². The summed E-state index contributed by atoms with van der Waals surface area (Å²) in [5, 5.41) is 9.07. The molecule has 0 fully saturated rings. The van der Waals surface area contributed by atoms with Crippen LogP contribution < -0.4 is 0 Å². The van der Waals surface area contributed by atoms with Gasteiger partial charge in [-0.3, -0.25) is 4.79 Å². The standard InChI is InChI=1S/C9H12N2O3S/c1-5-8(15-4-10-5)7(9(13)14)11(3)6(2)12/h4,7H,1-3H3,(H,13,14). The van der Waals surface area contributed by atoms with Crippen molar-refractivity contribution in [2.45, 2.75) is 19.9 Å². The first-order chi connectivity index (χ1) is 6.95. The molecular weight excluding hydrogens is 216 g/mol. The summed E-state index contributed by atoms with van der Waals surface area (Å²) in [6, 6.07) is -0.935. The van der Waals surface area contributed by atoms with Gasteiger partial charge in [-0.1, -0.05) is 0 Å². The van der Waals surface area contributed by atoms with Crippen LogP contribution in [-0.4, -0.2) is 33.9 Å². The van der Waals surface area contributed by atoms with Crippen LogP contribution in [0.5, 0.6) is 0 Å². The molecule has 82 valence electrons. The van der Waals surface area contributed by atoms with Gasteiger partial charge in [0.1, 0.15) is 0 Å². The first kappa shape index (κ1) is 11.6. The quantitative estimate of drug-likeness (QED) is 0.839. The number of aromatic nitrogens is 1. The zero-order valence-corrected chi connectivity index (χ0v) is 9.54. The van der Waals surface area contributed by atoms with Crippen molar-refractivity contribution >= 4 is 23.2 Å². The smallest absolute Gasteiger partial charge is 0.332 e. The molecule has 0 saturated carbocycles. The first-order valence-electron chi connectivity index (χ1n) is 4.31. The minimum atomic E-state index is -1.04. The van der Waals surface area contributed by atoms with E-state index in [2.05, 4.69) is 4.98 Å². The van der Waals surface area contributed by atoms with E-state index in [0.29, 0.717) is 10.6 Å². The maximum absolute atomic E-state index is 11.1. The summed E-state index contributed by atoms with van der Waals surface area (Å²) >= 11 is 1.25. The molecule has 1 aromatic rings. The van der Waals surface area contributed by atoms with Crippen LogP contribution in [0.1, 0.15) is 23.5 Å². The van der Waals surface area contributed by atoms with Gasteiger partial charge in [0.2, 0.25) is 5.91 Å². The SMILES string of the molecule is CC(=O)N(C)C(C(=O)O)c1scnc1C. The Morgan fingerprint density at radius 1 is 1.60 bits per heavy atom. The van der Waals surface area contributed by atoms with Crippen LogP contribution in [0.4, 0.5) is 0 Å². The van der Waals surface area contributed by atoms with Gasteiger partial charge in [0.15, 0.2) is 6.04 Å². The van der Waals surface area contributed by atoms with Gasteiger partial charge in [0.05, 0.1) is 16.1 Å². The number of likely N-dealkylation sites (N-methyl/N-ethyl adjacent to an activating group) is 1. The van der Waals surface area contributed by atoms with Crippen LogP contribution in [0.25, 0.3) is 0 Å². The molecule has 0 bridgehead atoms. The second-order valence-corrected chi connectivity index (χ2v) is 4.06. The number of carboxylic acid groups (broad SMARTS) is 1. The number of nitrogens with zero attached hydrogens (tertiary/aromatic N) is 2. The molecule has 0 aromatic carbocycles. The molecule has 1 unspecified atom stereocenters. The number of rotatable bonds is 3. The van der Waals surface area contributed by atoms with Crippen LogP contribution in [0.15, 0.2) is 5.51 Å². The zero-order chi connectivity index (χ0) is 11.6. The van der Waals surface area contributed by atoms with Gasteiger partial charge in [-0.25, -0.2) is 9.78 Å². The van der Waals surface area contributed by atoms with E-state index in [1.54, 1.807) is 12.4 Å². The fourth-order valence-electron chi connectivity index (χ4n) is 1.21. The fraction of sp³-hybridized carbons (Fsp3) is 0.444. The molecule has 1 amide bonds. The Morgan fingerprint density at radius 2 is 2.20 bits per heavy atom. The lowest BCUT2D eigenvalue weighted by Crippen LogP contribution is -2.34. The summed E-state index contributed by atoms with van der Waals surface area (Å²) in [6.45, 7) is 3.07. The monoisotopic (exact) mass is 228 g/mol. The van der Waals surface area contributed by atoms with E-state index in [0.717, 1.165) is 0 Å². The third kappa shape index (κ3) is 2.33. The molecule has 1 aromatic heterocycles. The molecule has 0 aliphatic rings. The van der Waals surface area contributed by atoms with E-state index in [4.69, 9.17) is 5.11 Å². The Labute approximate surface area is 91.4 Å². The number of aliphatic carboxylic acids is 1. The second kappa shape index (κ2) is 4.39. The van der Waals surface area contributed by atoms with E-state index in [-0.39, 0.29) is 5.91 Å². The van der Waals surface area contributed by atoms with Crippen LogP contribution >= 0.6 is 11.3 Å². The number of thiazole rings is 1. The van der Waals surface area contributed by atoms with Gasteiger partial charge >= 0.3 is 5.97 Å². The van der Waals surface area contributed by atoms with Crippen molar-refractivity contribution in [1.82, 2.24) is 9.88 Å². The van der Waals surface area contributed by atoms with Gasteiger partial charge < -0.3 is 10.0 Å². The molecule has 0 aliphatic heterocycles. The molecule has 5 nitrogen and oxygen atoms in total. The fourth-order valence-corrected chi connectivity index (χ4v) is 2.14. The third-order valence-electron chi connectivity index (χ3n) is 2.15. The van der Waals surface area contributed by atoms with Crippen molar-refractivity contribution in [2.24, 2.45) is 0 Å². The van der Waals surface area contributed by atoms with Gasteiger partial charge in [-0.05, 0) is 6.92 Å². The van der Waals surface area contributed by atoms with Crippen molar-refractivity contribution in [3.8, 4) is 0 Å². The van der Waals surface area contributed by atoms with Gasteiger partial charge in [-0.15, -0.1) is 11.3 Å². The van der Waals surface area contributed by atoms with E-state index in [1.807, 2.05) is 0 Å². The molecule has 0 radical (unpaired) electrons. The average Bonchev–Trinajstić information content (AvgIpc) is 2.52. The van der Waals surface area contributed by atoms with E-state index < -0.39 is 12.0 Å². The van der Waals surface area contributed by atoms with Crippen molar-refractivity contribution in [3.05, 3.63) is 16.1 Å². The van der Waals surface area contributed by atoms with Gasteiger partial charge in [0.25, 0.3) is 0 Å². The lowest BCUT2D eigenvalue weighted by atomic mass is 10.2. The molecule has 0 spiro atoms. The van der Waals surface area contributed by atoms with Gasteiger partial charge in [0, 0.05) is 14.0 Å². The Kier molecular flexibility index (Phi) is 3.41. The van der Waals surface area contributed by atoms with E-state index in [1.165, 1.54) is 30.2 Å². The topological polar surface area (TPSA) is 70.5 Å². The summed E-state index contributed by atoms with van der Waals surface area (Å²) < 4.78 is 0. The molecule has 15 heavy (non-hydrogen) atoms. The normalized spacial score (nSPS) is 12.2. The summed E-state index contributed by atoms with van der Waals surface area (Å²) in [7, 11) is 1.47. The maximum atomic E-state index is 11.1. The lowest BCUT2D eigenvalue weighted by molar-refractivity contribution is -0.148. The van der Waals surface area contributed by atoms with E-state index in [9.17, 15) is 9.59 Å². The van der Waals surface area contributed by atoms with Crippen molar-refractivity contribution in [3.63, 3.8) is 0 Å². The Balaban J connectivity index is 3.09. The molecule has 0 aliphatic carbocycles. The van der Waals surface area contributed by atoms with Crippen LogP contribution in [-0.2, 0) is 9.59 Å². The van der Waals surface area contributed by atoms with Gasteiger partial charge in [-0.2, -0.15) is 0 Å². The number of aryl methyl sites for hydroxylation is 1. The predicted octanol–water partition coefficient (Wildman–Crippen LogP) is 1.06. The summed E-state index contributed by atoms with van der Waals surface area (Å²) in [5.41, 5.74) is 2.23. The number of carbonyl (C=O) groups is 2. The number of hydrogen-bond acceptors (Lipinski definition) is 4. The summed E-state index contributed by atoms with van der Waals surface area (Å²) in [6.07, 6.45) is 0. The third-order valence-corrected chi connectivity index (χ3v) is 3.13. The Morgan fingerprint density at radius 3 is 2.53 bits per heavy atom. The second-order valence-electron chi connectivity index (χ2n) is 3.17. The minimum absolute atomic E-state index is 0.282. The average molecular weight is 228 g/mol. The molecule has 1 heterocycles. The molecular formula is C9H12N2O3S. The van der Waals surface area contributed by atoms with Crippen molar-refractivity contribution in [1.29, 1.82) is 0 Å². The number of hydrogen-bond donors (Lipinski definition) is 1. The van der Waals surface area contributed by atoms with Crippen LogP contribution in [0, 0.1) is 6.92 Å². The molecule has 1 N–H and O–H groups in total. The van der Waals surface area contributed by atoms with Crippen molar-refractivity contribution < 1.29 is 14.7 Å². The number of carboxylic acids is 1. The molecule has 0 saturated heterocycles. The Hall–Kier alpha value is -1.43. The Bertz CT molecular complexity index is 388. The highest BCUT2D eigenvalue weighted by atomic mass is 32.1. The molecule has 6 heteroatoms. The molecule has 1 atom stereocenters. The largest absolute Gasteiger partial charge is 0.479 e. The number of carbonyl (C=O) groups excluding carboxylic acids is 1. The van der Waals surface area contributed by atoms with Crippen LogP contribution in [0.3, 0.4) is 0 Å². The highest BCUT2D eigenvalue weighted by molar-refractivity contribution is 7.10. The minimum Gasteiger partial charge on any atom is -0.479 e. The summed E-state index contributed by atoms with van der Waals surface area (Å²) in [5.74, 6) is -1.32. The zero-order valence-electron chi connectivity index (χ0n) is 8.72.